The van der Waals surface area contributed by atoms with Crippen molar-refractivity contribution >= 4 is 18.0 Å². The zero-order valence-electron chi connectivity index (χ0n) is 17.7. The number of allylic oxidation sites excluding steroid dienone is 2. The summed E-state index contributed by atoms with van der Waals surface area (Å²) in [6.07, 6.45) is 3.52. The van der Waals surface area contributed by atoms with Crippen LogP contribution in [0.4, 0.5) is 0 Å². The third kappa shape index (κ3) is 5.04. The van der Waals surface area contributed by atoms with E-state index < -0.39 is 17.9 Å². The van der Waals surface area contributed by atoms with Gasteiger partial charge in [-0.05, 0) is 43.2 Å². The largest absolute Gasteiger partial charge is 0.508 e. The number of phenolic OH excluding ortho intramolecular Hbond substituents is 1. The van der Waals surface area contributed by atoms with Crippen molar-refractivity contribution in [1.82, 2.24) is 5.32 Å². The summed E-state index contributed by atoms with van der Waals surface area (Å²) < 4.78 is 10.5. The van der Waals surface area contributed by atoms with Crippen molar-refractivity contribution in [2.24, 2.45) is 0 Å². The predicted molar refractivity (Wildman–Crippen MR) is 118 cm³/mol. The first kappa shape index (κ1) is 21.9. The van der Waals surface area contributed by atoms with Crippen LogP contribution in [0, 0.1) is 0 Å². The van der Waals surface area contributed by atoms with Gasteiger partial charge in [0.15, 0.2) is 0 Å². The zero-order chi connectivity index (χ0) is 22.4. The Labute approximate surface area is 181 Å². The smallest absolute Gasteiger partial charge is 0.337 e. The lowest BCUT2D eigenvalue weighted by Gasteiger charge is -2.30. The SMILES string of the molecule is COC(=O)C1=C(C)NC(C)=C(C(=O)OCC=Cc2ccc(O)cc2)C1c1ccccc1. The van der Waals surface area contributed by atoms with Crippen molar-refractivity contribution in [3.05, 3.63) is 94.3 Å². The van der Waals surface area contributed by atoms with E-state index in [4.69, 9.17) is 9.47 Å². The molecule has 1 atom stereocenters. The van der Waals surface area contributed by atoms with Crippen molar-refractivity contribution in [3.63, 3.8) is 0 Å². The van der Waals surface area contributed by atoms with Crippen LogP contribution < -0.4 is 5.32 Å². The average molecular weight is 419 g/mol. The molecule has 1 aliphatic heterocycles. The van der Waals surface area contributed by atoms with E-state index in [1.165, 1.54) is 7.11 Å². The summed E-state index contributed by atoms with van der Waals surface area (Å²) in [6, 6.07) is 16.0. The molecular weight excluding hydrogens is 394 g/mol. The lowest BCUT2D eigenvalue weighted by molar-refractivity contribution is -0.138. The summed E-state index contributed by atoms with van der Waals surface area (Å²) >= 11 is 0. The molecule has 31 heavy (non-hydrogen) atoms. The van der Waals surface area contributed by atoms with Gasteiger partial charge >= 0.3 is 11.9 Å². The van der Waals surface area contributed by atoms with Gasteiger partial charge in [-0.25, -0.2) is 9.59 Å². The quantitative estimate of drug-likeness (QED) is 0.687. The summed E-state index contributed by atoms with van der Waals surface area (Å²) in [4.78, 5) is 25.6. The molecule has 2 N–H and O–H groups in total. The van der Waals surface area contributed by atoms with Gasteiger partial charge in [-0.2, -0.15) is 0 Å². The van der Waals surface area contributed by atoms with Crippen LogP contribution in [0.3, 0.4) is 0 Å². The number of phenols is 1. The molecule has 1 heterocycles. The number of benzene rings is 2. The Hall–Kier alpha value is -3.80. The fourth-order valence-electron chi connectivity index (χ4n) is 3.60. The van der Waals surface area contributed by atoms with E-state index in [0.717, 1.165) is 11.1 Å². The van der Waals surface area contributed by atoms with E-state index in [1.807, 2.05) is 30.3 Å². The minimum Gasteiger partial charge on any atom is -0.508 e. The van der Waals surface area contributed by atoms with Crippen molar-refractivity contribution in [3.8, 4) is 5.75 Å². The molecule has 0 bridgehead atoms. The van der Waals surface area contributed by atoms with Gasteiger partial charge < -0.3 is 19.9 Å². The molecule has 0 spiro atoms. The number of ether oxygens (including phenoxy) is 2. The number of hydrogen-bond acceptors (Lipinski definition) is 6. The minimum atomic E-state index is -0.594. The highest BCUT2D eigenvalue weighted by molar-refractivity contribution is 5.99. The van der Waals surface area contributed by atoms with Crippen LogP contribution in [-0.4, -0.2) is 30.8 Å². The Morgan fingerprint density at radius 2 is 1.58 bits per heavy atom. The topological polar surface area (TPSA) is 84.9 Å². The van der Waals surface area contributed by atoms with E-state index in [9.17, 15) is 14.7 Å². The summed E-state index contributed by atoms with van der Waals surface area (Å²) in [5, 5.41) is 12.5. The number of carbonyl (C=O) groups is 2. The number of hydrogen-bond donors (Lipinski definition) is 2. The standard InChI is InChI=1S/C25H25NO5/c1-16-21(24(28)30-3)23(19-9-5-4-6-10-19)22(17(2)26-16)25(29)31-15-7-8-18-11-13-20(27)14-12-18/h4-14,23,26-27H,15H2,1-3H3. The summed E-state index contributed by atoms with van der Waals surface area (Å²) in [5.41, 5.74) is 3.70. The molecule has 0 aromatic heterocycles. The van der Waals surface area contributed by atoms with E-state index in [2.05, 4.69) is 5.32 Å². The third-order valence-electron chi connectivity index (χ3n) is 5.03. The molecule has 6 nitrogen and oxygen atoms in total. The second kappa shape index (κ2) is 9.80. The van der Waals surface area contributed by atoms with Crippen LogP contribution >= 0.6 is 0 Å². The first-order chi connectivity index (χ1) is 14.9. The first-order valence-corrected chi connectivity index (χ1v) is 9.87. The molecular formula is C25H25NO5. The van der Waals surface area contributed by atoms with E-state index >= 15 is 0 Å². The molecule has 0 saturated heterocycles. The molecule has 160 valence electrons. The third-order valence-corrected chi connectivity index (χ3v) is 5.03. The molecule has 0 amide bonds. The second-order valence-corrected chi connectivity index (χ2v) is 7.13. The van der Waals surface area contributed by atoms with Crippen molar-refractivity contribution in [2.45, 2.75) is 19.8 Å². The monoisotopic (exact) mass is 419 g/mol. The number of esters is 2. The first-order valence-electron chi connectivity index (χ1n) is 9.87. The molecule has 2 aromatic rings. The summed E-state index contributed by atoms with van der Waals surface area (Å²) in [5.74, 6) is -1.41. The lowest BCUT2D eigenvalue weighted by atomic mass is 9.80. The molecule has 0 radical (unpaired) electrons. The summed E-state index contributed by atoms with van der Waals surface area (Å²) in [6.45, 7) is 3.64. The second-order valence-electron chi connectivity index (χ2n) is 7.13. The maximum absolute atomic E-state index is 13.0. The van der Waals surface area contributed by atoms with Crippen molar-refractivity contribution in [1.29, 1.82) is 0 Å². The normalized spacial score (nSPS) is 16.3. The fraction of sp³-hybridized carbons (Fsp3) is 0.200. The molecule has 6 heteroatoms. The number of dihydropyridines is 1. The van der Waals surface area contributed by atoms with E-state index in [-0.39, 0.29) is 12.4 Å². The van der Waals surface area contributed by atoms with E-state index in [0.29, 0.717) is 22.5 Å². The average Bonchev–Trinajstić information content (AvgIpc) is 2.77. The Kier molecular flexibility index (Phi) is 6.92. The van der Waals surface area contributed by atoms with Gasteiger partial charge in [0.1, 0.15) is 12.4 Å². The molecule has 0 aliphatic carbocycles. The number of methoxy groups -OCH3 is 1. The molecule has 0 saturated carbocycles. The lowest BCUT2D eigenvalue weighted by Crippen LogP contribution is -2.32. The highest BCUT2D eigenvalue weighted by Gasteiger charge is 2.37. The van der Waals surface area contributed by atoms with Gasteiger partial charge in [-0.1, -0.05) is 48.5 Å². The number of carbonyl (C=O) groups excluding carboxylic acids is 2. The molecule has 2 aromatic carbocycles. The Morgan fingerprint density at radius 1 is 0.968 bits per heavy atom. The molecule has 3 rings (SSSR count). The number of rotatable bonds is 6. The molecule has 0 fully saturated rings. The van der Waals surface area contributed by atoms with Crippen molar-refractivity contribution in [2.75, 3.05) is 13.7 Å². The Bertz CT molecular complexity index is 1050. The zero-order valence-corrected chi connectivity index (χ0v) is 17.7. The maximum atomic E-state index is 13.0. The van der Waals surface area contributed by atoms with Crippen LogP contribution in [0.2, 0.25) is 0 Å². The summed E-state index contributed by atoms with van der Waals surface area (Å²) in [7, 11) is 1.32. The van der Waals surface area contributed by atoms with E-state index in [1.54, 1.807) is 50.3 Å². The fourth-order valence-corrected chi connectivity index (χ4v) is 3.60. The number of nitrogens with one attached hydrogen (secondary N) is 1. The Balaban J connectivity index is 1.84. The Morgan fingerprint density at radius 3 is 2.19 bits per heavy atom. The van der Waals surface area contributed by atoms with Crippen LogP contribution in [-0.2, 0) is 19.1 Å². The van der Waals surface area contributed by atoms with Gasteiger partial charge in [0.25, 0.3) is 0 Å². The van der Waals surface area contributed by atoms with Gasteiger partial charge in [-0.15, -0.1) is 0 Å². The van der Waals surface area contributed by atoms with Crippen LogP contribution in [0.5, 0.6) is 5.75 Å². The van der Waals surface area contributed by atoms with Gasteiger partial charge in [0.05, 0.1) is 24.2 Å². The van der Waals surface area contributed by atoms with Crippen LogP contribution in [0.1, 0.15) is 30.9 Å². The minimum absolute atomic E-state index is 0.0637. The van der Waals surface area contributed by atoms with Gasteiger partial charge in [0, 0.05) is 11.4 Å². The van der Waals surface area contributed by atoms with Crippen molar-refractivity contribution < 1.29 is 24.2 Å². The highest BCUT2D eigenvalue weighted by Crippen LogP contribution is 2.39. The number of aromatic hydroxyl groups is 1. The highest BCUT2D eigenvalue weighted by atomic mass is 16.5. The predicted octanol–water partition coefficient (Wildman–Crippen LogP) is 4.06. The van der Waals surface area contributed by atoms with Crippen LogP contribution in [0.25, 0.3) is 6.08 Å². The van der Waals surface area contributed by atoms with Crippen LogP contribution in [0.15, 0.2) is 83.2 Å². The molecule has 1 aliphatic rings. The van der Waals surface area contributed by atoms with Gasteiger partial charge in [-0.3, -0.25) is 0 Å². The maximum Gasteiger partial charge on any atom is 0.337 e. The molecule has 1 unspecified atom stereocenters. The van der Waals surface area contributed by atoms with Gasteiger partial charge in [0.2, 0.25) is 0 Å².